The summed E-state index contributed by atoms with van der Waals surface area (Å²) in [4.78, 5) is 15.6. The Bertz CT molecular complexity index is 866. The first-order valence-electron chi connectivity index (χ1n) is 6.61. The number of ether oxygens (including phenoxy) is 1. The maximum absolute atomic E-state index is 11.2. The second kappa shape index (κ2) is 4.34. The number of carboxylic acids is 1. The lowest BCUT2D eigenvalue weighted by Gasteiger charge is -2.00. The summed E-state index contributed by atoms with van der Waals surface area (Å²) in [6.45, 7) is 0.690. The molecule has 1 aromatic heterocycles. The molecule has 0 amide bonds. The molecule has 0 saturated heterocycles. The van der Waals surface area contributed by atoms with Gasteiger partial charge in [-0.1, -0.05) is 6.07 Å². The normalized spacial score (nSPS) is 13.1. The Hall–Kier alpha value is -2.82. The Morgan fingerprint density at radius 2 is 2.14 bits per heavy atom. The molecular weight excluding hydrogens is 270 g/mol. The van der Waals surface area contributed by atoms with Crippen LogP contribution in [0.4, 0.5) is 0 Å². The van der Waals surface area contributed by atoms with Gasteiger partial charge in [-0.2, -0.15) is 0 Å². The minimum atomic E-state index is -1.02. The molecule has 21 heavy (non-hydrogen) atoms. The van der Waals surface area contributed by atoms with E-state index in [0.29, 0.717) is 23.6 Å². The van der Waals surface area contributed by atoms with Gasteiger partial charge in [0.2, 0.25) is 5.89 Å². The molecule has 1 N–H and O–H groups in total. The Morgan fingerprint density at radius 1 is 1.24 bits per heavy atom. The van der Waals surface area contributed by atoms with Crippen LogP contribution in [0.3, 0.4) is 0 Å². The molecule has 0 bridgehead atoms. The van der Waals surface area contributed by atoms with E-state index >= 15 is 0 Å². The zero-order valence-electron chi connectivity index (χ0n) is 11.0. The predicted octanol–water partition coefficient (Wildman–Crippen LogP) is 3.13. The van der Waals surface area contributed by atoms with Crippen LogP contribution in [0, 0.1) is 0 Å². The Kier molecular flexibility index (Phi) is 2.47. The summed E-state index contributed by atoms with van der Waals surface area (Å²) in [7, 11) is 0. The molecule has 0 atom stereocenters. The molecule has 0 unspecified atom stereocenters. The van der Waals surface area contributed by atoms with E-state index < -0.39 is 5.97 Å². The summed E-state index contributed by atoms with van der Waals surface area (Å²) in [5.74, 6) is 0.292. The number of oxazole rings is 1. The fourth-order valence-corrected chi connectivity index (χ4v) is 2.56. The van der Waals surface area contributed by atoms with E-state index in [0.717, 1.165) is 23.3 Å². The Balaban J connectivity index is 1.87. The third-order valence-electron chi connectivity index (χ3n) is 3.58. The van der Waals surface area contributed by atoms with Crippen molar-refractivity contribution >= 4 is 17.1 Å². The van der Waals surface area contributed by atoms with E-state index in [1.54, 1.807) is 12.1 Å². The van der Waals surface area contributed by atoms with Gasteiger partial charge in [0.05, 0.1) is 6.61 Å². The quantitative estimate of drug-likeness (QED) is 0.781. The predicted molar refractivity (Wildman–Crippen MR) is 75.6 cm³/mol. The van der Waals surface area contributed by atoms with Crippen LogP contribution in [0.15, 0.2) is 40.8 Å². The first kappa shape index (κ1) is 12.0. The molecule has 1 aliphatic heterocycles. The smallest absolute Gasteiger partial charge is 0.339 e. The topological polar surface area (TPSA) is 72.6 Å². The molecule has 0 spiro atoms. The summed E-state index contributed by atoms with van der Waals surface area (Å²) in [5.41, 5.74) is 2.91. The van der Waals surface area contributed by atoms with Gasteiger partial charge in [-0.3, -0.25) is 0 Å². The SMILES string of the molecule is O=C(O)c1cccc2nc(-c3ccc4c(c3)CCO4)oc12. The highest BCUT2D eigenvalue weighted by Gasteiger charge is 2.18. The van der Waals surface area contributed by atoms with E-state index in [2.05, 4.69) is 4.98 Å². The lowest BCUT2D eigenvalue weighted by molar-refractivity contribution is 0.0698. The number of carboxylic acid groups (broad SMARTS) is 1. The van der Waals surface area contributed by atoms with Gasteiger partial charge >= 0.3 is 5.97 Å². The molecule has 3 aromatic rings. The number of para-hydroxylation sites is 1. The lowest BCUT2D eigenvalue weighted by Crippen LogP contribution is -1.95. The van der Waals surface area contributed by atoms with Gasteiger partial charge in [0.15, 0.2) is 5.58 Å². The van der Waals surface area contributed by atoms with Crippen molar-refractivity contribution in [2.24, 2.45) is 0 Å². The van der Waals surface area contributed by atoms with Gasteiger partial charge in [-0.25, -0.2) is 9.78 Å². The number of carbonyl (C=O) groups is 1. The molecule has 2 heterocycles. The monoisotopic (exact) mass is 281 g/mol. The van der Waals surface area contributed by atoms with Gasteiger partial charge in [0.25, 0.3) is 0 Å². The van der Waals surface area contributed by atoms with Crippen LogP contribution >= 0.6 is 0 Å². The van der Waals surface area contributed by atoms with Gasteiger partial charge in [-0.05, 0) is 35.9 Å². The molecule has 4 rings (SSSR count). The maximum atomic E-state index is 11.2. The van der Waals surface area contributed by atoms with Crippen molar-refractivity contribution in [1.82, 2.24) is 4.98 Å². The Labute approximate surface area is 119 Å². The van der Waals surface area contributed by atoms with Gasteiger partial charge in [0, 0.05) is 12.0 Å². The molecular formula is C16H11NO4. The van der Waals surface area contributed by atoms with E-state index in [1.165, 1.54) is 6.07 Å². The number of benzene rings is 2. The molecule has 1 aliphatic rings. The summed E-state index contributed by atoms with van der Waals surface area (Å²) in [6, 6.07) is 10.7. The molecule has 5 nitrogen and oxygen atoms in total. The molecule has 0 radical (unpaired) electrons. The van der Waals surface area contributed by atoms with Crippen molar-refractivity contribution in [1.29, 1.82) is 0 Å². The van der Waals surface area contributed by atoms with Crippen LogP contribution < -0.4 is 4.74 Å². The van der Waals surface area contributed by atoms with E-state index in [-0.39, 0.29) is 5.56 Å². The summed E-state index contributed by atoms with van der Waals surface area (Å²) >= 11 is 0. The number of fused-ring (bicyclic) bond motifs is 2. The Morgan fingerprint density at radius 3 is 3.00 bits per heavy atom. The zero-order chi connectivity index (χ0) is 14.4. The largest absolute Gasteiger partial charge is 0.493 e. The summed E-state index contributed by atoms with van der Waals surface area (Å²) < 4.78 is 11.1. The number of hydrogen-bond acceptors (Lipinski definition) is 4. The molecule has 0 saturated carbocycles. The van der Waals surface area contributed by atoms with E-state index in [4.69, 9.17) is 9.15 Å². The average molecular weight is 281 g/mol. The van der Waals surface area contributed by atoms with Gasteiger partial charge in [-0.15, -0.1) is 0 Å². The van der Waals surface area contributed by atoms with Crippen LogP contribution in [-0.4, -0.2) is 22.7 Å². The zero-order valence-corrected chi connectivity index (χ0v) is 11.0. The first-order chi connectivity index (χ1) is 10.2. The van der Waals surface area contributed by atoms with Crippen LogP contribution in [-0.2, 0) is 6.42 Å². The van der Waals surface area contributed by atoms with Crippen LogP contribution in [0.5, 0.6) is 5.75 Å². The standard InChI is InChI=1S/C16H11NO4/c18-16(19)11-2-1-3-12-14(11)21-15(17-12)10-4-5-13-9(8-10)6-7-20-13/h1-5,8H,6-7H2,(H,18,19). The van der Waals surface area contributed by atoms with Crippen LogP contribution in [0.2, 0.25) is 0 Å². The highest BCUT2D eigenvalue weighted by Crippen LogP contribution is 2.32. The summed E-state index contributed by atoms with van der Waals surface area (Å²) in [5, 5.41) is 9.19. The van der Waals surface area contributed by atoms with Crippen molar-refractivity contribution in [2.75, 3.05) is 6.61 Å². The maximum Gasteiger partial charge on any atom is 0.339 e. The molecule has 104 valence electrons. The minimum absolute atomic E-state index is 0.121. The van der Waals surface area contributed by atoms with Crippen LogP contribution in [0.25, 0.3) is 22.6 Å². The van der Waals surface area contributed by atoms with Crippen molar-refractivity contribution in [3.63, 3.8) is 0 Å². The second-order valence-corrected chi connectivity index (χ2v) is 4.90. The molecule has 2 aromatic carbocycles. The highest BCUT2D eigenvalue weighted by molar-refractivity contribution is 6.00. The fraction of sp³-hybridized carbons (Fsp3) is 0.125. The number of nitrogens with zero attached hydrogens (tertiary/aromatic N) is 1. The summed E-state index contributed by atoms with van der Waals surface area (Å²) in [6.07, 6.45) is 0.865. The van der Waals surface area contributed by atoms with Crippen molar-refractivity contribution < 1.29 is 19.1 Å². The number of aromatic nitrogens is 1. The van der Waals surface area contributed by atoms with Crippen LogP contribution in [0.1, 0.15) is 15.9 Å². The van der Waals surface area contributed by atoms with E-state index in [9.17, 15) is 9.90 Å². The highest BCUT2D eigenvalue weighted by atomic mass is 16.5. The number of aromatic carboxylic acids is 1. The fourth-order valence-electron chi connectivity index (χ4n) is 2.56. The average Bonchev–Trinajstić information content (AvgIpc) is 3.11. The van der Waals surface area contributed by atoms with Gasteiger partial charge in [0.1, 0.15) is 16.8 Å². The second-order valence-electron chi connectivity index (χ2n) is 4.90. The van der Waals surface area contributed by atoms with Crippen molar-refractivity contribution in [2.45, 2.75) is 6.42 Å². The number of rotatable bonds is 2. The van der Waals surface area contributed by atoms with E-state index in [1.807, 2.05) is 18.2 Å². The number of hydrogen-bond donors (Lipinski definition) is 1. The third-order valence-corrected chi connectivity index (χ3v) is 3.58. The first-order valence-corrected chi connectivity index (χ1v) is 6.61. The molecule has 5 heteroatoms. The third kappa shape index (κ3) is 1.86. The van der Waals surface area contributed by atoms with Crippen molar-refractivity contribution in [3.05, 3.63) is 47.5 Å². The molecule has 0 fully saturated rings. The lowest BCUT2D eigenvalue weighted by atomic mass is 10.1. The minimum Gasteiger partial charge on any atom is -0.493 e. The molecule has 0 aliphatic carbocycles. The van der Waals surface area contributed by atoms with Gasteiger partial charge < -0.3 is 14.3 Å². The van der Waals surface area contributed by atoms with Crippen molar-refractivity contribution in [3.8, 4) is 17.2 Å².